The Balaban J connectivity index is 1.82. The molecule has 0 saturated heterocycles. The maximum atomic E-state index is 2.51. The minimum atomic E-state index is 0.754. The van der Waals surface area contributed by atoms with Gasteiger partial charge in [0, 0.05) is 0 Å². The Morgan fingerprint density at radius 3 is 3.08 bits per heavy atom. The van der Waals surface area contributed by atoms with E-state index >= 15 is 0 Å². The zero-order valence-corrected chi connectivity index (χ0v) is 7.24. The molecule has 0 aromatic carbocycles. The molecule has 0 heterocycles. The van der Waals surface area contributed by atoms with E-state index in [-0.39, 0.29) is 0 Å². The Labute approximate surface area is 73.4 Å². The molecular weight excluding hydrogens is 144 g/mol. The zero-order chi connectivity index (χ0) is 7.76. The molecule has 2 saturated carbocycles. The molecule has 4 aliphatic rings. The number of hydrogen-bond donors (Lipinski definition) is 0. The molecule has 1 spiro atoms. The van der Waals surface area contributed by atoms with Crippen molar-refractivity contribution in [2.45, 2.75) is 19.3 Å². The van der Waals surface area contributed by atoms with Gasteiger partial charge in [0.05, 0.1) is 0 Å². The van der Waals surface area contributed by atoms with E-state index in [4.69, 9.17) is 0 Å². The third-order valence-corrected chi connectivity index (χ3v) is 4.79. The van der Waals surface area contributed by atoms with E-state index in [2.05, 4.69) is 24.3 Å². The van der Waals surface area contributed by atoms with Crippen molar-refractivity contribution in [2.75, 3.05) is 0 Å². The van der Waals surface area contributed by atoms with Crippen LogP contribution in [0.1, 0.15) is 19.3 Å². The van der Waals surface area contributed by atoms with Gasteiger partial charge in [-0.15, -0.1) is 0 Å². The summed E-state index contributed by atoms with van der Waals surface area (Å²) in [6, 6.07) is 0. The monoisotopic (exact) mass is 158 g/mol. The zero-order valence-electron chi connectivity index (χ0n) is 7.24. The number of fused-ring (bicyclic) bond motifs is 3. The maximum Gasteiger partial charge on any atom is -0.00152 e. The van der Waals surface area contributed by atoms with Gasteiger partial charge in [-0.1, -0.05) is 24.3 Å². The van der Waals surface area contributed by atoms with Crippen LogP contribution in [-0.4, -0.2) is 0 Å². The van der Waals surface area contributed by atoms with Crippen LogP contribution >= 0.6 is 0 Å². The molecule has 12 heavy (non-hydrogen) atoms. The van der Waals surface area contributed by atoms with Crippen LogP contribution < -0.4 is 0 Å². The normalized spacial score (nSPS) is 63.3. The van der Waals surface area contributed by atoms with Crippen molar-refractivity contribution < 1.29 is 0 Å². The van der Waals surface area contributed by atoms with E-state index in [9.17, 15) is 0 Å². The summed E-state index contributed by atoms with van der Waals surface area (Å²) in [6.07, 6.45) is 14.3. The van der Waals surface area contributed by atoms with Crippen molar-refractivity contribution in [3.63, 3.8) is 0 Å². The second kappa shape index (κ2) is 1.57. The molecule has 0 bridgehead atoms. The molecule has 5 atom stereocenters. The minimum Gasteiger partial charge on any atom is -0.0882 e. The lowest BCUT2D eigenvalue weighted by Gasteiger charge is -2.33. The fourth-order valence-corrected chi connectivity index (χ4v) is 4.12. The third kappa shape index (κ3) is 0.437. The Morgan fingerprint density at radius 1 is 1.25 bits per heavy atom. The fraction of sp³-hybridized carbons (Fsp3) is 0.667. The second-order valence-corrected chi connectivity index (χ2v) is 5.05. The van der Waals surface area contributed by atoms with Crippen molar-refractivity contribution in [2.24, 2.45) is 29.1 Å². The van der Waals surface area contributed by atoms with E-state index in [1.165, 1.54) is 19.3 Å². The van der Waals surface area contributed by atoms with E-state index in [1.54, 1.807) is 0 Å². The van der Waals surface area contributed by atoms with Gasteiger partial charge in [-0.3, -0.25) is 0 Å². The molecule has 5 unspecified atom stereocenters. The van der Waals surface area contributed by atoms with E-state index in [0.29, 0.717) is 0 Å². The highest BCUT2D eigenvalue weighted by Crippen LogP contribution is 2.77. The predicted octanol–water partition coefficient (Wildman–Crippen LogP) is 2.77. The minimum absolute atomic E-state index is 0.754. The molecule has 0 radical (unpaired) electrons. The first-order chi connectivity index (χ1) is 5.92. The van der Waals surface area contributed by atoms with Crippen LogP contribution in [0, 0.1) is 29.1 Å². The SMILES string of the molecule is C1=CC2C(CC1)C1CC13C=CC23. The summed E-state index contributed by atoms with van der Waals surface area (Å²) in [6.45, 7) is 0. The van der Waals surface area contributed by atoms with Gasteiger partial charge in [-0.25, -0.2) is 0 Å². The van der Waals surface area contributed by atoms with Gasteiger partial charge in [0.1, 0.15) is 0 Å². The highest BCUT2D eigenvalue weighted by molar-refractivity contribution is 5.38. The third-order valence-electron chi connectivity index (χ3n) is 4.79. The number of rotatable bonds is 0. The summed E-state index contributed by atoms with van der Waals surface area (Å²) in [4.78, 5) is 0. The predicted molar refractivity (Wildman–Crippen MR) is 48.5 cm³/mol. The van der Waals surface area contributed by atoms with Crippen molar-refractivity contribution >= 4 is 0 Å². The summed E-state index contributed by atoms with van der Waals surface area (Å²) < 4.78 is 0. The Bertz CT molecular complexity index is 299. The van der Waals surface area contributed by atoms with Crippen LogP contribution in [0.3, 0.4) is 0 Å². The molecule has 0 aromatic rings. The van der Waals surface area contributed by atoms with Crippen LogP contribution in [0.25, 0.3) is 0 Å². The van der Waals surface area contributed by atoms with Crippen molar-refractivity contribution in [3.8, 4) is 0 Å². The standard InChI is InChI=1S/C12H14/c1-2-4-9-8(3-1)10-5-6-12(10)7-11(9)12/h1,3,5-6,8-11H,2,4,7H2. The molecule has 62 valence electrons. The van der Waals surface area contributed by atoms with Crippen LogP contribution in [0.15, 0.2) is 24.3 Å². The molecular formula is C12H14. The average Bonchev–Trinajstić information content (AvgIpc) is 2.76. The van der Waals surface area contributed by atoms with Crippen LogP contribution in [-0.2, 0) is 0 Å². The van der Waals surface area contributed by atoms with Crippen LogP contribution in [0.4, 0.5) is 0 Å². The van der Waals surface area contributed by atoms with E-state index in [0.717, 1.165) is 29.1 Å². The quantitative estimate of drug-likeness (QED) is 0.475. The van der Waals surface area contributed by atoms with Gasteiger partial charge < -0.3 is 0 Å². The van der Waals surface area contributed by atoms with Gasteiger partial charge in [-0.05, 0) is 48.3 Å². The first-order valence-electron chi connectivity index (χ1n) is 5.28. The Hall–Kier alpha value is -0.520. The summed E-state index contributed by atoms with van der Waals surface area (Å²) in [5.41, 5.74) is 0.754. The molecule has 2 fully saturated rings. The van der Waals surface area contributed by atoms with Gasteiger partial charge >= 0.3 is 0 Å². The van der Waals surface area contributed by atoms with E-state index < -0.39 is 0 Å². The molecule has 4 rings (SSSR count). The first-order valence-corrected chi connectivity index (χ1v) is 5.28. The summed E-state index contributed by atoms with van der Waals surface area (Å²) in [5.74, 6) is 4.07. The van der Waals surface area contributed by atoms with Crippen LogP contribution in [0.5, 0.6) is 0 Å². The number of hydrogen-bond acceptors (Lipinski definition) is 0. The lowest BCUT2D eigenvalue weighted by molar-refractivity contribution is 0.301. The fourth-order valence-electron chi connectivity index (χ4n) is 4.12. The van der Waals surface area contributed by atoms with Crippen molar-refractivity contribution in [3.05, 3.63) is 24.3 Å². The highest BCUT2D eigenvalue weighted by Gasteiger charge is 2.70. The van der Waals surface area contributed by atoms with Crippen LogP contribution in [0.2, 0.25) is 0 Å². The molecule has 0 amide bonds. The topological polar surface area (TPSA) is 0 Å². The average molecular weight is 158 g/mol. The maximum absolute atomic E-state index is 2.51. The lowest BCUT2D eigenvalue weighted by atomic mass is 9.72. The lowest BCUT2D eigenvalue weighted by Crippen LogP contribution is -2.25. The molecule has 0 aliphatic heterocycles. The second-order valence-electron chi connectivity index (χ2n) is 5.05. The van der Waals surface area contributed by atoms with Gasteiger partial charge in [0.15, 0.2) is 0 Å². The smallest absolute Gasteiger partial charge is 0.00152 e. The summed E-state index contributed by atoms with van der Waals surface area (Å²) >= 11 is 0. The Kier molecular flexibility index (Phi) is 0.788. The molecule has 0 N–H and O–H groups in total. The molecule has 0 heteroatoms. The largest absolute Gasteiger partial charge is 0.0882 e. The molecule has 0 aromatic heterocycles. The first kappa shape index (κ1) is 6.01. The summed E-state index contributed by atoms with van der Waals surface area (Å²) in [7, 11) is 0. The number of allylic oxidation sites excluding steroid dienone is 4. The summed E-state index contributed by atoms with van der Waals surface area (Å²) in [5, 5.41) is 0. The van der Waals surface area contributed by atoms with Gasteiger partial charge in [0.2, 0.25) is 0 Å². The van der Waals surface area contributed by atoms with Crippen molar-refractivity contribution in [1.82, 2.24) is 0 Å². The molecule has 4 aliphatic carbocycles. The highest BCUT2D eigenvalue weighted by atomic mass is 14.7. The molecule has 0 nitrogen and oxygen atoms in total. The van der Waals surface area contributed by atoms with Crippen molar-refractivity contribution in [1.29, 1.82) is 0 Å². The van der Waals surface area contributed by atoms with E-state index in [1.807, 2.05) is 0 Å². The van der Waals surface area contributed by atoms with Gasteiger partial charge in [-0.2, -0.15) is 0 Å². The Morgan fingerprint density at radius 2 is 2.25 bits per heavy atom. The van der Waals surface area contributed by atoms with Gasteiger partial charge in [0.25, 0.3) is 0 Å².